The average molecular weight is 440 g/mol. The van der Waals surface area contributed by atoms with Gasteiger partial charge in [0.2, 0.25) is 5.91 Å². The van der Waals surface area contributed by atoms with Crippen molar-refractivity contribution in [3.63, 3.8) is 0 Å². The molecule has 1 amide bonds. The van der Waals surface area contributed by atoms with Crippen molar-refractivity contribution in [1.29, 1.82) is 0 Å². The number of para-hydroxylation sites is 2. The molecule has 0 aromatic heterocycles. The minimum Gasteiger partial charge on any atom is -0.494 e. The topological polar surface area (TPSA) is 89.0 Å². The van der Waals surface area contributed by atoms with Crippen LogP contribution in [0.5, 0.6) is 5.75 Å². The molecule has 0 aliphatic carbocycles. The van der Waals surface area contributed by atoms with Crippen LogP contribution >= 0.6 is 11.8 Å². The summed E-state index contributed by atoms with van der Waals surface area (Å²) in [7, 11) is 0. The van der Waals surface area contributed by atoms with Gasteiger partial charge in [-0.1, -0.05) is 23.9 Å². The lowest BCUT2D eigenvalue weighted by Gasteiger charge is -2.10. The van der Waals surface area contributed by atoms with Gasteiger partial charge < -0.3 is 20.1 Å². The highest BCUT2D eigenvalue weighted by atomic mass is 32.2. The van der Waals surface area contributed by atoms with E-state index in [0.29, 0.717) is 29.6 Å². The van der Waals surface area contributed by atoms with Crippen molar-refractivity contribution >= 4 is 45.7 Å². The van der Waals surface area contributed by atoms with E-state index < -0.39 is 0 Å². The number of thioether (sulfide) groups is 1. The molecule has 0 fully saturated rings. The largest absolute Gasteiger partial charge is 0.494 e. The minimum atomic E-state index is -0.321. The first-order valence-electron chi connectivity index (χ1n) is 10.0. The van der Waals surface area contributed by atoms with E-state index in [4.69, 9.17) is 9.47 Å². The number of anilines is 2. The molecule has 3 rings (SSSR count). The fourth-order valence-corrected chi connectivity index (χ4v) is 3.60. The molecule has 1 heterocycles. The highest BCUT2D eigenvalue weighted by Crippen LogP contribution is 2.31. The standard InChI is InChI=1S/C23H25N3O4S/c1-3-29-18-11-9-16(10-12-18)25-21(27)15-31-22-13-17(14-23(28)30-4-2)24-19-7-5-6-8-20(19)26-22/h5-13,24H,3-4,14-15H2,1-2H3,(H,25,27). The first-order chi connectivity index (χ1) is 15.1. The zero-order valence-corrected chi connectivity index (χ0v) is 18.3. The quantitative estimate of drug-likeness (QED) is 0.577. The molecule has 0 saturated carbocycles. The number of esters is 1. The number of benzene rings is 2. The Morgan fingerprint density at radius 2 is 1.84 bits per heavy atom. The van der Waals surface area contributed by atoms with Gasteiger partial charge in [-0.05, 0) is 56.3 Å². The Morgan fingerprint density at radius 1 is 1.06 bits per heavy atom. The first kappa shape index (κ1) is 22.4. The third-order valence-electron chi connectivity index (χ3n) is 4.17. The third-order valence-corrected chi connectivity index (χ3v) is 5.08. The third kappa shape index (κ3) is 6.89. The van der Waals surface area contributed by atoms with E-state index in [1.54, 1.807) is 25.1 Å². The van der Waals surface area contributed by atoms with Gasteiger partial charge in [0.15, 0.2) is 0 Å². The van der Waals surface area contributed by atoms with Crippen LogP contribution in [0.15, 0.2) is 65.3 Å². The van der Waals surface area contributed by atoms with Gasteiger partial charge in [0, 0.05) is 11.4 Å². The molecule has 8 heteroatoms. The SMILES string of the molecule is CCOC(=O)CC1=CC(SCC(=O)Nc2ccc(OCC)cc2)=Nc2ccccc2N1. The van der Waals surface area contributed by atoms with E-state index in [0.717, 1.165) is 17.1 Å². The summed E-state index contributed by atoms with van der Waals surface area (Å²) < 4.78 is 10.5. The molecule has 162 valence electrons. The molecule has 0 radical (unpaired) electrons. The molecule has 0 saturated heterocycles. The van der Waals surface area contributed by atoms with E-state index in [-0.39, 0.29) is 24.1 Å². The Kier molecular flexibility index (Phi) is 8.12. The maximum absolute atomic E-state index is 12.4. The summed E-state index contributed by atoms with van der Waals surface area (Å²) in [6.07, 6.45) is 1.88. The van der Waals surface area contributed by atoms with Gasteiger partial charge in [0.05, 0.1) is 41.8 Å². The maximum atomic E-state index is 12.4. The number of carbonyl (C=O) groups is 2. The van der Waals surface area contributed by atoms with Crippen LogP contribution in [0.25, 0.3) is 0 Å². The number of aliphatic imine (C=N–C) groups is 1. The fraction of sp³-hybridized carbons (Fsp3) is 0.261. The molecule has 0 atom stereocenters. The summed E-state index contributed by atoms with van der Waals surface area (Å²) in [5.74, 6) is 0.464. The Hall–Kier alpha value is -3.26. The van der Waals surface area contributed by atoms with Crippen molar-refractivity contribution in [3.05, 3.63) is 60.3 Å². The molecule has 1 aliphatic rings. The molecule has 0 spiro atoms. The summed E-state index contributed by atoms with van der Waals surface area (Å²) in [6.45, 7) is 4.61. The number of fused-ring (bicyclic) bond motifs is 1. The highest BCUT2D eigenvalue weighted by molar-refractivity contribution is 8.14. The maximum Gasteiger partial charge on any atom is 0.311 e. The summed E-state index contributed by atoms with van der Waals surface area (Å²) in [5, 5.41) is 6.74. The van der Waals surface area contributed by atoms with Gasteiger partial charge in [0.1, 0.15) is 5.75 Å². The molecule has 0 bridgehead atoms. The van der Waals surface area contributed by atoms with E-state index in [1.165, 1.54) is 11.8 Å². The highest BCUT2D eigenvalue weighted by Gasteiger charge is 2.15. The number of nitrogens with one attached hydrogen (secondary N) is 2. The monoisotopic (exact) mass is 439 g/mol. The predicted molar refractivity (Wildman–Crippen MR) is 125 cm³/mol. The van der Waals surface area contributed by atoms with E-state index >= 15 is 0 Å². The first-order valence-corrected chi connectivity index (χ1v) is 11.0. The van der Waals surface area contributed by atoms with Crippen molar-refractivity contribution in [3.8, 4) is 5.75 Å². The molecule has 2 aromatic carbocycles. The van der Waals surface area contributed by atoms with Crippen molar-refractivity contribution in [2.45, 2.75) is 20.3 Å². The Morgan fingerprint density at radius 3 is 2.58 bits per heavy atom. The van der Waals surface area contributed by atoms with Gasteiger partial charge in [-0.25, -0.2) is 4.99 Å². The van der Waals surface area contributed by atoms with Gasteiger partial charge in [-0.2, -0.15) is 0 Å². The van der Waals surface area contributed by atoms with E-state index in [1.807, 2.05) is 43.3 Å². The van der Waals surface area contributed by atoms with Crippen LogP contribution in [0.2, 0.25) is 0 Å². The van der Waals surface area contributed by atoms with E-state index in [2.05, 4.69) is 15.6 Å². The Balaban J connectivity index is 1.66. The molecule has 31 heavy (non-hydrogen) atoms. The number of ether oxygens (including phenoxy) is 2. The van der Waals surface area contributed by atoms with Gasteiger partial charge in [-0.15, -0.1) is 0 Å². The van der Waals surface area contributed by atoms with Crippen LogP contribution in [0, 0.1) is 0 Å². The van der Waals surface area contributed by atoms with Crippen molar-refractivity contribution in [1.82, 2.24) is 0 Å². The second-order valence-electron chi connectivity index (χ2n) is 6.54. The lowest BCUT2D eigenvalue weighted by molar-refractivity contribution is -0.142. The predicted octanol–water partition coefficient (Wildman–Crippen LogP) is 4.75. The normalized spacial score (nSPS) is 12.5. The lowest BCUT2D eigenvalue weighted by Crippen LogP contribution is -2.15. The Labute approximate surface area is 185 Å². The van der Waals surface area contributed by atoms with Crippen molar-refractivity contribution < 1.29 is 19.1 Å². The Bertz CT molecular complexity index is 987. The summed E-state index contributed by atoms with van der Waals surface area (Å²) >= 11 is 1.30. The van der Waals surface area contributed by atoms with Gasteiger partial charge in [-0.3, -0.25) is 9.59 Å². The molecule has 0 unspecified atom stereocenters. The number of carbonyl (C=O) groups excluding carboxylic acids is 2. The molecule has 2 aromatic rings. The van der Waals surface area contributed by atoms with Crippen LogP contribution in [0.1, 0.15) is 20.3 Å². The second-order valence-corrected chi connectivity index (χ2v) is 7.53. The summed E-state index contributed by atoms with van der Waals surface area (Å²) in [5.41, 5.74) is 2.91. The molecular weight excluding hydrogens is 414 g/mol. The van der Waals surface area contributed by atoms with E-state index in [9.17, 15) is 9.59 Å². The molecule has 2 N–H and O–H groups in total. The zero-order valence-electron chi connectivity index (χ0n) is 17.5. The zero-order chi connectivity index (χ0) is 22.1. The minimum absolute atomic E-state index is 0.0974. The number of hydrogen-bond donors (Lipinski definition) is 2. The van der Waals surface area contributed by atoms with Crippen LogP contribution in [-0.4, -0.2) is 35.9 Å². The van der Waals surface area contributed by atoms with Crippen molar-refractivity contribution in [2.75, 3.05) is 29.6 Å². The number of amides is 1. The fourth-order valence-electron chi connectivity index (χ4n) is 2.86. The van der Waals surface area contributed by atoms with Crippen LogP contribution in [-0.2, 0) is 14.3 Å². The summed E-state index contributed by atoms with van der Waals surface area (Å²) in [4.78, 5) is 29.0. The lowest BCUT2D eigenvalue weighted by atomic mass is 10.2. The second kappa shape index (κ2) is 11.2. The van der Waals surface area contributed by atoms with Crippen LogP contribution in [0.3, 0.4) is 0 Å². The molecule has 7 nitrogen and oxygen atoms in total. The van der Waals surface area contributed by atoms with Crippen molar-refractivity contribution in [2.24, 2.45) is 4.99 Å². The summed E-state index contributed by atoms with van der Waals surface area (Å²) in [6, 6.07) is 14.8. The smallest absolute Gasteiger partial charge is 0.311 e. The molecule has 1 aliphatic heterocycles. The van der Waals surface area contributed by atoms with Gasteiger partial charge in [0.25, 0.3) is 0 Å². The van der Waals surface area contributed by atoms with Crippen LogP contribution in [0.4, 0.5) is 17.1 Å². The average Bonchev–Trinajstić information content (AvgIpc) is 2.92. The van der Waals surface area contributed by atoms with Crippen LogP contribution < -0.4 is 15.4 Å². The number of rotatable bonds is 8. The molecular formula is C23H25N3O4S. The number of hydrogen-bond acceptors (Lipinski definition) is 7. The van der Waals surface area contributed by atoms with Gasteiger partial charge >= 0.3 is 5.97 Å². The number of nitrogens with zero attached hydrogens (tertiary/aromatic N) is 1.